The summed E-state index contributed by atoms with van der Waals surface area (Å²) in [4.78, 5) is 11.3. The summed E-state index contributed by atoms with van der Waals surface area (Å²) in [5.41, 5.74) is 4.43. The second-order valence-corrected chi connectivity index (χ2v) is 6.51. The van der Waals surface area contributed by atoms with Gasteiger partial charge >= 0.3 is 6.09 Å². The molecule has 1 unspecified atom stereocenters. The Bertz CT molecular complexity index is 511. The first-order chi connectivity index (χ1) is 9.93. The summed E-state index contributed by atoms with van der Waals surface area (Å²) >= 11 is 0. The number of methoxy groups -OCH3 is 2. The van der Waals surface area contributed by atoms with E-state index in [2.05, 4.69) is 42.1 Å². The SMILES string of the molecule is COC(=O)NC(Cc1ccc2c(c1)CC(C)(C)CC2)OC. The molecule has 0 aromatic heterocycles. The quantitative estimate of drug-likeness (QED) is 0.867. The van der Waals surface area contributed by atoms with Crippen LogP contribution < -0.4 is 5.32 Å². The van der Waals surface area contributed by atoms with Crippen LogP contribution in [0.15, 0.2) is 18.2 Å². The van der Waals surface area contributed by atoms with Gasteiger partial charge in [0.1, 0.15) is 6.23 Å². The van der Waals surface area contributed by atoms with Crippen molar-refractivity contribution in [3.8, 4) is 0 Å². The van der Waals surface area contributed by atoms with E-state index in [1.807, 2.05) is 0 Å². The maximum Gasteiger partial charge on any atom is 0.408 e. The van der Waals surface area contributed by atoms with Gasteiger partial charge in [0.15, 0.2) is 0 Å². The van der Waals surface area contributed by atoms with Gasteiger partial charge in [-0.2, -0.15) is 0 Å². The topological polar surface area (TPSA) is 47.6 Å². The van der Waals surface area contributed by atoms with E-state index < -0.39 is 6.09 Å². The van der Waals surface area contributed by atoms with Gasteiger partial charge in [0.2, 0.25) is 0 Å². The molecule has 0 saturated heterocycles. The molecular weight excluding hydrogens is 266 g/mol. The second kappa shape index (κ2) is 6.48. The summed E-state index contributed by atoms with van der Waals surface area (Å²) in [6, 6.07) is 6.59. The van der Waals surface area contributed by atoms with Crippen molar-refractivity contribution in [3.05, 3.63) is 34.9 Å². The van der Waals surface area contributed by atoms with E-state index in [1.54, 1.807) is 7.11 Å². The molecule has 0 saturated carbocycles. The maximum absolute atomic E-state index is 11.3. The maximum atomic E-state index is 11.3. The molecular formula is C17H25NO3. The van der Waals surface area contributed by atoms with Crippen LogP contribution in [-0.2, 0) is 28.7 Å². The number of benzene rings is 1. The third-order valence-electron chi connectivity index (χ3n) is 4.18. The molecule has 1 N–H and O–H groups in total. The molecule has 4 nitrogen and oxygen atoms in total. The summed E-state index contributed by atoms with van der Waals surface area (Å²) in [5, 5.41) is 2.68. The molecule has 0 aliphatic heterocycles. The number of hydrogen-bond acceptors (Lipinski definition) is 3. The van der Waals surface area contributed by atoms with Gasteiger partial charge in [0.25, 0.3) is 0 Å². The molecule has 0 spiro atoms. The van der Waals surface area contributed by atoms with Crippen LogP contribution in [0.3, 0.4) is 0 Å². The van der Waals surface area contributed by atoms with Crippen LogP contribution in [0.1, 0.15) is 37.0 Å². The van der Waals surface area contributed by atoms with Crippen LogP contribution in [0.25, 0.3) is 0 Å². The smallest absolute Gasteiger partial charge is 0.408 e. The fraction of sp³-hybridized carbons (Fsp3) is 0.588. The Morgan fingerprint density at radius 1 is 1.33 bits per heavy atom. The van der Waals surface area contributed by atoms with E-state index >= 15 is 0 Å². The Labute approximate surface area is 126 Å². The molecule has 0 heterocycles. The van der Waals surface area contributed by atoms with Crippen LogP contribution in [0.2, 0.25) is 0 Å². The summed E-state index contributed by atoms with van der Waals surface area (Å²) in [6.07, 6.45) is 3.30. The highest BCUT2D eigenvalue weighted by Gasteiger charge is 2.25. The number of fused-ring (bicyclic) bond motifs is 1. The van der Waals surface area contributed by atoms with Crippen molar-refractivity contribution in [3.63, 3.8) is 0 Å². The zero-order valence-electron chi connectivity index (χ0n) is 13.4. The molecule has 21 heavy (non-hydrogen) atoms. The minimum atomic E-state index is -0.471. The molecule has 1 aromatic rings. The first-order valence-corrected chi connectivity index (χ1v) is 7.41. The van der Waals surface area contributed by atoms with E-state index in [9.17, 15) is 4.79 Å². The van der Waals surface area contributed by atoms with Crippen LogP contribution in [0, 0.1) is 5.41 Å². The molecule has 1 aliphatic carbocycles. The second-order valence-electron chi connectivity index (χ2n) is 6.51. The van der Waals surface area contributed by atoms with E-state index in [4.69, 9.17) is 4.74 Å². The Hall–Kier alpha value is -1.55. The molecule has 1 aliphatic rings. The monoisotopic (exact) mass is 291 g/mol. The van der Waals surface area contributed by atoms with Gasteiger partial charge in [-0.1, -0.05) is 32.0 Å². The fourth-order valence-corrected chi connectivity index (χ4v) is 2.89. The predicted octanol–water partition coefficient (Wildman–Crippen LogP) is 3.07. The number of ether oxygens (including phenoxy) is 2. The Balaban J connectivity index is 2.09. The zero-order chi connectivity index (χ0) is 15.5. The average molecular weight is 291 g/mol. The number of amides is 1. The highest BCUT2D eigenvalue weighted by Crippen LogP contribution is 2.35. The van der Waals surface area contributed by atoms with Crippen LogP contribution in [0.5, 0.6) is 0 Å². The first-order valence-electron chi connectivity index (χ1n) is 7.41. The van der Waals surface area contributed by atoms with Crippen molar-refractivity contribution >= 4 is 6.09 Å². The Morgan fingerprint density at radius 2 is 2.10 bits per heavy atom. The minimum Gasteiger partial charge on any atom is -0.453 e. The summed E-state index contributed by atoms with van der Waals surface area (Å²) < 4.78 is 9.91. The van der Waals surface area contributed by atoms with Gasteiger partial charge in [-0.15, -0.1) is 0 Å². The molecule has 2 rings (SSSR count). The summed E-state index contributed by atoms with van der Waals surface area (Å²) in [7, 11) is 2.94. The number of rotatable bonds is 4. The van der Waals surface area contributed by atoms with E-state index in [-0.39, 0.29) is 6.23 Å². The van der Waals surface area contributed by atoms with Gasteiger partial charge in [-0.3, -0.25) is 5.32 Å². The lowest BCUT2D eigenvalue weighted by Gasteiger charge is -2.31. The van der Waals surface area contributed by atoms with Crippen molar-refractivity contribution in [1.82, 2.24) is 5.32 Å². The molecule has 0 radical (unpaired) electrons. The number of aryl methyl sites for hydroxylation is 1. The van der Waals surface area contributed by atoms with Crippen molar-refractivity contribution in [1.29, 1.82) is 0 Å². The lowest BCUT2D eigenvalue weighted by Crippen LogP contribution is -2.37. The van der Waals surface area contributed by atoms with Gasteiger partial charge in [0.05, 0.1) is 7.11 Å². The number of carbonyl (C=O) groups is 1. The van der Waals surface area contributed by atoms with Gasteiger partial charge in [0, 0.05) is 13.5 Å². The average Bonchev–Trinajstić information content (AvgIpc) is 2.45. The lowest BCUT2D eigenvalue weighted by atomic mass is 9.74. The molecule has 0 fully saturated rings. The van der Waals surface area contributed by atoms with Crippen LogP contribution >= 0.6 is 0 Å². The standard InChI is InChI=1S/C17H25NO3/c1-17(2)8-7-13-6-5-12(9-14(13)11-17)10-15(20-3)18-16(19)21-4/h5-6,9,15H,7-8,10-11H2,1-4H3,(H,18,19). The molecule has 116 valence electrons. The van der Waals surface area contributed by atoms with Crippen LogP contribution in [-0.4, -0.2) is 26.5 Å². The van der Waals surface area contributed by atoms with Gasteiger partial charge in [-0.25, -0.2) is 4.79 Å². The largest absolute Gasteiger partial charge is 0.453 e. The Morgan fingerprint density at radius 3 is 2.76 bits per heavy atom. The third kappa shape index (κ3) is 4.21. The van der Waals surface area contributed by atoms with Crippen molar-refractivity contribution < 1.29 is 14.3 Å². The Kier molecular flexibility index (Phi) is 4.88. The number of alkyl carbamates (subject to hydrolysis) is 1. The summed E-state index contributed by atoms with van der Waals surface area (Å²) in [6.45, 7) is 4.64. The van der Waals surface area contributed by atoms with E-state index in [0.29, 0.717) is 11.8 Å². The number of nitrogens with one attached hydrogen (secondary N) is 1. The molecule has 1 atom stereocenters. The van der Waals surface area contributed by atoms with E-state index in [0.717, 1.165) is 12.8 Å². The number of hydrogen-bond donors (Lipinski definition) is 1. The highest BCUT2D eigenvalue weighted by molar-refractivity contribution is 5.67. The number of carbonyl (C=O) groups excluding carboxylic acids is 1. The van der Waals surface area contributed by atoms with Gasteiger partial charge in [-0.05, 0) is 41.4 Å². The molecule has 1 aromatic carbocycles. The minimum absolute atomic E-state index is 0.368. The molecule has 1 amide bonds. The molecule has 4 heteroatoms. The lowest BCUT2D eigenvalue weighted by molar-refractivity contribution is 0.0675. The highest BCUT2D eigenvalue weighted by atomic mass is 16.6. The fourth-order valence-electron chi connectivity index (χ4n) is 2.89. The molecule has 0 bridgehead atoms. The van der Waals surface area contributed by atoms with Crippen molar-refractivity contribution in [2.75, 3.05) is 14.2 Å². The van der Waals surface area contributed by atoms with Crippen molar-refractivity contribution in [2.45, 2.75) is 45.8 Å². The third-order valence-corrected chi connectivity index (χ3v) is 4.18. The van der Waals surface area contributed by atoms with Gasteiger partial charge < -0.3 is 9.47 Å². The predicted molar refractivity (Wildman–Crippen MR) is 82.3 cm³/mol. The first kappa shape index (κ1) is 15.8. The summed E-state index contributed by atoms with van der Waals surface area (Å²) in [5.74, 6) is 0. The zero-order valence-corrected chi connectivity index (χ0v) is 13.4. The normalized spacial score (nSPS) is 17.7. The van der Waals surface area contributed by atoms with E-state index in [1.165, 1.54) is 30.2 Å². The van der Waals surface area contributed by atoms with Crippen LogP contribution in [0.4, 0.5) is 4.79 Å². The van der Waals surface area contributed by atoms with Crippen molar-refractivity contribution in [2.24, 2.45) is 5.41 Å².